The lowest BCUT2D eigenvalue weighted by Crippen LogP contribution is -2.03. The van der Waals surface area contributed by atoms with Gasteiger partial charge in [-0.05, 0) is 24.6 Å². The third-order valence-electron chi connectivity index (χ3n) is 2.76. The van der Waals surface area contributed by atoms with Crippen LogP contribution in [0.3, 0.4) is 0 Å². The number of hydrogen-bond donors (Lipinski definition) is 1. The van der Waals surface area contributed by atoms with Gasteiger partial charge in [-0.25, -0.2) is 9.97 Å². The van der Waals surface area contributed by atoms with E-state index in [1.54, 1.807) is 6.07 Å². The zero-order chi connectivity index (χ0) is 14.0. The SMILES string of the molecule is Cc1c(Br)cccc1Nc1cc(Cl)nc(C(C)C)n1. The molecule has 2 rings (SSSR count). The van der Waals surface area contributed by atoms with E-state index in [4.69, 9.17) is 11.6 Å². The molecule has 0 bridgehead atoms. The summed E-state index contributed by atoms with van der Waals surface area (Å²) in [4.78, 5) is 8.70. The third kappa shape index (κ3) is 3.45. The Labute approximate surface area is 126 Å². The van der Waals surface area contributed by atoms with E-state index in [-0.39, 0.29) is 5.92 Å². The van der Waals surface area contributed by atoms with Crippen LogP contribution in [0.4, 0.5) is 11.5 Å². The first kappa shape index (κ1) is 14.3. The smallest absolute Gasteiger partial charge is 0.135 e. The third-order valence-corrected chi connectivity index (χ3v) is 3.81. The van der Waals surface area contributed by atoms with Gasteiger partial charge in [0.1, 0.15) is 16.8 Å². The van der Waals surface area contributed by atoms with Crippen molar-refractivity contribution in [3.05, 3.63) is 45.3 Å². The molecule has 0 aliphatic heterocycles. The van der Waals surface area contributed by atoms with Crippen LogP contribution in [-0.2, 0) is 0 Å². The van der Waals surface area contributed by atoms with Crippen LogP contribution in [0.15, 0.2) is 28.7 Å². The van der Waals surface area contributed by atoms with Crippen molar-refractivity contribution in [2.24, 2.45) is 0 Å². The predicted molar refractivity (Wildman–Crippen MR) is 83.3 cm³/mol. The van der Waals surface area contributed by atoms with Gasteiger partial charge in [0.15, 0.2) is 0 Å². The summed E-state index contributed by atoms with van der Waals surface area (Å²) in [5, 5.41) is 3.74. The standard InChI is InChI=1S/C14H15BrClN3/c1-8(2)14-18-12(16)7-13(19-14)17-11-6-4-5-10(15)9(11)3/h4-8H,1-3H3,(H,17,18,19). The summed E-state index contributed by atoms with van der Waals surface area (Å²) < 4.78 is 1.06. The molecule has 1 aromatic heterocycles. The van der Waals surface area contributed by atoms with Gasteiger partial charge < -0.3 is 5.32 Å². The van der Waals surface area contributed by atoms with Crippen molar-refractivity contribution in [2.45, 2.75) is 26.7 Å². The molecule has 1 aromatic carbocycles. The Balaban J connectivity index is 2.35. The average Bonchev–Trinajstić information content (AvgIpc) is 2.34. The Kier molecular flexibility index (Phi) is 4.42. The normalized spacial score (nSPS) is 10.8. The number of rotatable bonds is 3. The fraction of sp³-hybridized carbons (Fsp3) is 0.286. The Bertz CT molecular complexity index is 599. The van der Waals surface area contributed by atoms with Gasteiger partial charge >= 0.3 is 0 Å². The second-order valence-corrected chi connectivity index (χ2v) is 5.87. The summed E-state index contributed by atoms with van der Waals surface area (Å²) in [5.74, 6) is 1.69. The van der Waals surface area contributed by atoms with Gasteiger partial charge in [0, 0.05) is 22.1 Å². The summed E-state index contributed by atoms with van der Waals surface area (Å²) in [6, 6.07) is 7.72. The minimum Gasteiger partial charge on any atom is -0.340 e. The first-order valence-electron chi connectivity index (χ1n) is 6.04. The van der Waals surface area contributed by atoms with E-state index >= 15 is 0 Å². The summed E-state index contributed by atoms with van der Waals surface area (Å²) in [7, 11) is 0. The van der Waals surface area contributed by atoms with Gasteiger partial charge in [0.25, 0.3) is 0 Å². The van der Waals surface area contributed by atoms with E-state index in [0.29, 0.717) is 11.0 Å². The first-order chi connectivity index (χ1) is 8.97. The van der Waals surface area contributed by atoms with E-state index in [1.807, 2.05) is 39.0 Å². The molecule has 0 aliphatic rings. The first-order valence-corrected chi connectivity index (χ1v) is 7.21. The maximum absolute atomic E-state index is 6.03. The Morgan fingerprint density at radius 3 is 2.68 bits per heavy atom. The van der Waals surface area contributed by atoms with Crippen LogP contribution in [0.1, 0.15) is 31.2 Å². The molecule has 1 heterocycles. The molecular formula is C14H15BrClN3. The van der Waals surface area contributed by atoms with Crippen LogP contribution < -0.4 is 5.32 Å². The number of nitrogens with zero attached hydrogens (tertiary/aromatic N) is 2. The highest BCUT2D eigenvalue weighted by Gasteiger charge is 2.08. The molecule has 2 aromatic rings. The molecule has 0 aliphatic carbocycles. The average molecular weight is 341 g/mol. The molecule has 0 saturated carbocycles. The summed E-state index contributed by atoms with van der Waals surface area (Å²) in [6.07, 6.45) is 0. The zero-order valence-corrected chi connectivity index (χ0v) is 13.4. The summed E-state index contributed by atoms with van der Waals surface area (Å²) in [6.45, 7) is 6.12. The second kappa shape index (κ2) is 5.88. The summed E-state index contributed by atoms with van der Waals surface area (Å²) in [5.41, 5.74) is 2.13. The zero-order valence-electron chi connectivity index (χ0n) is 11.0. The number of aromatic nitrogens is 2. The molecule has 0 saturated heterocycles. The predicted octanol–water partition coefficient (Wildman–Crippen LogP) is 5.07. The minimum atomic E-state index is 0.239. The van der Waals surface area contributed by atoms with Crippen molar-refractivity contribution < 1.29 is 0 Å². The quantitative estimate of drug-likeness (QED) is 0.793. The molecular weight excluding hydrogens is 326 g/mol. The van der Waals surface area contributed by atoms with Crippen LogP contribution in [0.25, 0.3) is 0 Å². The van der Waals surface area contributed by atoms with Gasteiger partial charge in [0.2, 0.25) is 0 Å². The Morgan fingerprint density at radius 1 is 1.26 bits per heavy atom. The van der Waals surface area contributed by atoms with E-state index in [2.05, 4.69) is 31.2 Å². The lowest BCUT2D eigenvalue weighted by molar-refractivity contribution is 0.776. The number of benzene rings is 1. The van der Waals surface area contributed by atoms with Gasteiger partial charge in [-0.1, -0.05) is 47.4 Å². The maximum atomic E-state index is 6.03. The Hall–Kier alpha value is -1.13. The van der Waals surface area contributed by atoms with Crippen molar-refractivity contribution in [3.8, 4) is 0 Å². The van der Waals surface area contributed by atoms with Crippen LogP contribution >= 0.6 is 27.5 Å². The van der Waals surface area contributed by atoms with Crippen molar-refractivity contribution >= 4 is 39.0 Å². The topological polar surface area (TPSA) is 37.8 Å². The molecule has 5 heteroatoms. The second-order valence-electron chi connectivity index (χ2n) is 4.63. The molecule has 0 radical (unpaired) electrons. The molecule has 0 spiro atoms. The van der Waals surface area contributed by atoms with Crippen LogP contribution in [0.2, 0.25) is 5.15 Å². The molecule has 0 unspecified atom stereocenters. The van der Waals surface area contributed by atoms with Crippen LogP contribution in [0, 0.1) is 6.92 Å². The van der Waals surface area contributed by atoms with Gasteiger partial charge in [-0.2, -0.15) is 0 Å². The van der Waals surface area contributed by atoms with Crippen LogP contribution in [-0.4, -0.2) is 9.97 Å². The number of nitrogens with one attached hydrogen (secondary N) is 1. The highest BCUT2D eigenvalue weighted by Crippen LogP contribution is 2.27. The van der Waals surface area contributed by atoms with Gasteiger partial charge in [-0.15, -0.1) is 0 Å². The largest absolute Gasteiger partial charge is 0.340 e. The molecule has 3 nitrogen and oxygen atoms in total. The van der Waals surface area contributed by atoms with Crippen molar-refractivity contribution in [3.63, 3.8) is 0 Å². The fourth-order valence-electron chi connectivity index (χ4n) is 1.64. The van der Waals surface area contributed by atoms with Crippen molar-refractivity contribution in [2.75, 3.05) is 5.32 Å². The van der Waals surface area contributed by atoms with E-state index in [9.17, 15) is 0 Å². The molecule has 1 N–H and O–H groups in total. The van der Waals surface area contributed by atoms with Gasteiger partial charge in [0.05, 0.1) is 0 Å². The molecule has 0 amide bonds. The van der Waals surface area contributed by atoms with E-state index < -0.39 is 0 Å². The molecule has 0 atom stereocenters. The minimum absolute atomic E-state index is 0.239. The lowest BCUT2D eigenvalue weighted by atomic mass is 10.2. The van der Waals surface area contributed by atoms with E-state index in [0.717, 1.165) is 21.5 Å². The molecule has 0 fully saturated rings. The van der Waals surface area contributed by atoms with Crippen molar-refractivity contribution in [1.29, 1.82) is 0 Å². The van der Waals surface area contributed by atoms with E-state index in [1.165, 1.54) is 0 Å². The van der Waals surface area contributed by atoms with Crippen molar-refractivity contribution in [1.82, 2.24) is 9.97 Å². The number of anilines is 2. The maximum Gasteiger partial charge on any atom is 0.135 e. The van der Waals surface area contributed by atoms with Crippen LogP contribution in [0.5, 0.6) is 0 Å². The Morgan fingerprint density at radius 2 is 2.00 bits per heavy atom. The molecule has 100 valence electrons. The number of hydrogen-bond acceptors (Lipinski definition) is 3. The molecule has 19 heavy (non-hydrogen) atoms. The number of halogens is 2. The fourth-order valence-corrected chi connectivity index (χ4v) is 2.19. The summed E-state index contributed by atoms with van der Waals surface area (Å²) >= 11 is 9.54. The highest BCUT2D eigenvalue weighted by molar-refractivity contribution is 9.10. The lowest BCUT2D eigenvalue weighted by Gasteiger charge is -2.12. The highest BCUT2D eigenvalue weighted by atomic mass is 79.9. The van der Waals surface area contributed by atoms with Gasteiger partial charge in [-0.3, -0.25) is 0 Å². The monoisotopic (exact) mass is 339 g/mol.